The second-order valence-corrected chi connectivity index (χ2v) is 4.12. The summed E-state index contributed by atoms with van der Waals surface area (Å²) >= 11 is 0. The maximum Gasteiger partial charge on any atom is 0.162 e. The van der Waals surface area contributed by atoms with Crippen LogP contribution in [0.2, 0.25) is 0 Å². The zero-order valence-electron chi connectivity index (χ0n) is 10.9. The normalized spacial score (nSPS) is 10.6. The summed E-state index contributed by atoms with van der Waals surface area (Å²) in [6, 6.07) is 0. The maximum absolute atomic E-state index is 4.41. The topological polar surface area (TPSA) is 55.6 Å². The van der Waals surface area contributed by atoms with E-state index in [-0.39, 0.29) is 0 Å². The van der Waals surface area contributed by atoms with Crippen molar-refractivity contribution in [2.24, 2.45) is 0 Å². The van der Waals surface area contributed by atoms with Gasteiger partial charge in [0.2, 0.25) is 0 Å². The zero-order valence-corrected chi connectivity index (χ0v) is 10.9. The Hall–Kier alpha value is -1.91. The molecule has 0 bridgehead atoms. The fraction of sp³-hybridized carbons (Fsp3) is 0.462. The first kappa shape index (κ1) is 12.5. The third-order valence-corrected chi connectivity index (χ3v) is 2.63. The minimum atomic E-state index is 0.808. The molecule has 0 fully saturated rings. The summed E-state index contributed by atoms with van der Waals surface area (Å²) in [6.07, 6.45) is 9.33. The van der Waals surface area contributed by atoms with Crippen molar-refractivity contribution in [2.75, 3.05) is 11.9 Å². The number of nitrogens with one attached hydrogen (secondary N) is 1. The zero-order chi connectivity index (χ0) is 12.8. The quantitative estimate of drug-likeness (QED) is 0.849. The first-order valence-corrected chi connectivity index (χ1v) is 6.43. The van der Waals surface area contributed by atoms with Gasteiger partial charge in [0.15, 0.2) is 11.6 Å². The highest BCUT2D eigenvalue weighted by molar-refractivity contribution is 5.65. The van der Waals surface area contributed by atoms with Crippen LogP contribution in [-0.4, -0.2) is 26.1 Å². The van der Waals surface area contributed by atoms with Gasteiger partial charge < -0.3 is 9.88 Å². The second kappa shape index (κ2) is 6.14. The molecule has 96 valence electrons. The number of aromatic nitrogens is 4. The molecule has 0 spiro atoms. The molecule has 0 amide bonds. The Morgan fingerprint density at radius 3 is 2.67 bits per heavy atom. The van der Waals surface area contributed by atoms with Crippen LogP contribution in [0.3, 0.4) is 0 Å². The fourth-order valence-corrected chi connectivity index (χ4v) is 1.82. The van der Waals surface area contributed by atoms with Crippen LogP contribution in [0.5, 0.6) is 0 Å². The van der Waals surface area contributed by atoms with E-state index < -0.39 is 0 Å². The summed E-state index contributed by atoms with van der Waals surface area (Å²) in [5.41, 5.74) is 0.824. The van der Waals surface area contributed by atoms with E-state index in [0.717, 1.165) is 43.3 Å². The molecule has 0 radical (unpaired) electrons. The molecule has 2 aromatic rings. The fourth-order valence-electron chi connectivity index (χ4n) is 1.82. The largest absolute Gasteiger partial charge is 0.368 e. The van der Waals surface area contributed by atoms with Crippen molar-refractivity contribution in [3.8, 4) is 11.5 Å². The van der Waals surface area contributed by atoms with E-state index in [4.69, 9.17) is 0 Å². The van der Waals surface area contributed by atoms with Crippen LogP contribution >= 0.6 is 0 Å². The lowest BCUT2D eigenvalue weighted by molar-refractivity contribution is 0.683. The highest BCUT2D eigenvalue weighted by Crippen LogP contribution is 2.21. The first-order valence-electron chi connectivity index (χ1n) is 6.43. The van der Waals surface area contributed by atoms with E-state index in [1.165, 1.54) is 0 Å². The van der Waals surface area contributed by atoms with Crippen LogP contribution in [-0.2, 0) is 6.54 Å². The van der Waals surface area contributed by atoms with Crippen molar-refractivity contribution in [1.29, 1.82) is 0 Å². The van der Waals surface area contributed by atoms with Gasteiger partial charge in [-0.25, -0.2) is 15.0 Å². The predicted molar refractivity (Wildman–Crippen MR) is 72.3 cm³/mol. The highest BCUT2D eigenvalue weighted by atomic mass is 15.1. The van der Waals surface area contributed by atoms with Crippen molar-refractivity contribution in [3.05, 3.63) is 24.8 Å². The molecule has 2 rings (SSSR count). The highest BCUT2D eigenvalue weighted by Gasteiger charge is 2.12. The minimum Gasteiger partial charge on any atom is -0.368 e. The molecule has 0 atom stereocenters. The number of hydrogen-bond acceptors (Lipinski definition) is 4. The third kappa shape index (κ3) is 2.67. The molecule has 18 heavy (non-hydrogen) atoms. The number of anilines is 1. The van der Waals surface area contributed by atoms with Gasteiger partial charge in [0.25, 0.3) is 0 Å². The SMILES string of the molecule is CCCNc1nccnc1-c1nccn1CCC. The lowest BCUT2D eigenvalue weighted by Crippen LogP contribution is -2.07. The van der Waals surface area contributed by atoms with E-state index in [9.17, 15) is 0 Å². The van der Waals surface area contributed by atoms with Crippen LogP contribution in [0.25, 0.3) is 11.5 Å². The number of rotatable bonds is 6. The van der Waals surface area contributed by atoms with Crippen molar-refractivity contribution >= 4 is 5.82 Å². The van der Waals surface area contributed by atoms with Crippen molar-refractivity contribution in [3.63, 3.8) is 0 Å². The van der Waals surface area contributed by atoms with Crippen LogP contribution in [0, 0.1) is 0 Å². The molecule has 1 N–H and O–H groups in total. The van der Waals surface area contributed by atoms with Crippen LogP contribution < -0.4 is 5.32 Å². The number of imidazole rings is 1. The number of aryl methyl sites for hydroxylation is 1. The van der Waals surface area contributed by atoms with Crippen molar-refractivity contribution < 1.29 is 0 Å². The lowest BCUT2D eigenvalue weighted by atomic mass is 10.3. The van der Waals surface area contributed by atoms with Gasteiger partial charge in [0, 0.05) is 37.9 Å². The Kier molecular flexibility index (Phi) is 4.28. The Labute approximate surface area is 107 Å². The average molecular weight is 245 g/mol. The summed E-state index contributed by atoms with van der Waals surface area (Å²) in [7, 11) is 0. The van der Waals surface area contributed by atoms with Gasteiger partial charge in [-0.15, -0.1) is 0 Å². The van der Waals surface area contributed by atoms with Gasteiger partial charge in [-0.2, -0.15) is 0 Å². The van der Waals surface area contributed by atoms with Crippen LogP contribution in [0.1, 0.15) is 26.7 Å². The molecule has 5 nitrogen and oxygen atoms in total. The van der Waals surface area contributed by atoms with Crippen molar-refractivity contribution in [1.82, 2.24) is 19.5 Å². The molecular formula is C13H19N5. The molecule has 0 aliphatic heterocycles. The Bertz CT molecular complexity index is 492. The monoisotopic (exact) mass is 245 g/mol. The van der Waals surface area contributed by atoms with E-state index in [1.807, 2.05) is 12.4 Å². The first-order chi connectivity index (χ1) is 8.86. The Morgan fingerprint density at radius 1 is 1.06 bits per heavy atom. The maximum atomic E-state index is 4.41. The van der Waals surface area contributed by atoms with Crippen LogP contribution in [0.15, 0.2) is 24.8 Å². The smallest absolute Gasteiger partial charge is 0.162 e. The third-order valence-electron chi connectivity index (χ3n) is 2.63. The molecule has 5 heteroatoms. The van der Waals surface area contributed by atoms with Gasteiger partial charge in [-0.1, -0.05) is 13.8 Å². The number of hydrogen-bond donors (Lipinski definition) is 1. The molecule has 0 aromatic carbocycles. The molecule has 0 aliphatic rings. The van der Waals surface area contributed by atoms with E-state index in [2.05, 4.69) is 38.7 Å². The molecule has 2 heterocycles. The van der Waals surface area contributed by atoms with Crippen LogP contribution in [0.4, 0.5) is 5.82 Å². The van der Waals surface area contributed by atoms with Crippen molar-refractivity contribution in [2.45, 2.75) is 33.2 Å². The molecule has 0 saturated heterocycles. The Morgan fingerprint density at radius 2 is 1.89 bits per heavy atom. The molecule has 2 aromatic heterocycles. The van der Waals surface area contributed by atoms with Gasteiger partial charge in [0.1, 0.15) is 5.69 Å². The second-order valence-electron chi connectivity index (χ2n) is 4.12. The molecule has 0 saturated carbocycles. The molecule has 0 unspecified atom stereocenters. The lowest BCUT2D eigenvalue weighted by Gasteiger charge is -2.10. The van der Waals surface area contributed by atoms with E-state index in [0.29, 0.717) is 0 Å². The van der Waals surface area contributed by atoms with Gasteiger partial charge >= 0.3 is 0 Å². The minimum absolute atomic E-state index is 0.808. The van der Waals surface area contributed by atoms with Gasteiger partial charge in [-0.3, -0.25) is 0 Å². The predicted octanol–water partition coefficient (Wildman–Crippen LogP) is 2.57. The summed E-state index contributed by atoms with van der Waals surface area (Å²) in [5, 5.41) is 3.29. The summed E-state index contributed by atoms with van der Waals surface area (Å²) in [5.74, 6) is 1.69. The number of nitrogens with zero attached hydrogens (tertiary/aromatic N) is 4. The Balaban J connectivity index is 2.33. The van der Waals surface area contributed by atoms with E-state index in [1.54, 1.807) is 12.4 Å². The standard InChI is InChI=1S/C13H19N5/c1-3-5-15-12-11(14-6-7-16-12)13-17-8-10-18(13)9-4-2/h6-8,10H,3-5,9H2,1-2H3,(H,15,16). The average Bonchev–Trinajstić information content (AvgIpc) is 2.85. The molecule has 0 aliphatic carbocycles. The molecular weight excluding hydrogens is 226 g/mol. The van der Waals surface area contributed by atoms with Gasteiger partial charge in [-0.05, 0) is 12.8 Å². The van der Waals surface area contributed by atoms with Gasteiger partial charge in [0.05, 0.1) is 0 Å². The van der Waals surface area contributed by atoms with E-state index >= 15 is 0 Å². The summed E-state index contributed by atoms with van der Waals surface area (Å²) in [6.45, 7) is 6.11. The summed E-state index contributed by atoms with van der Waals surface area (Å²) in [4.78, 5) is 13.1. The summed E-state index contributed by atoms with van der Waals surface area (Å²) < 4.78 is 2.11.